The Bertz CT molecular complexity index is 1200. The highest BCUT2D eigenvalue weighted by Gasteiger charge is 2.18. The molecule has 0 bridgehead atoms. The summed E-state index contributed by atoms with van der Waals surface area (Å²) in [6.45, 7) is 5.60. The minimum absolute atomic E-state index is 0.266. The fourth-order valence-electron chi connectivity index (χ4n) is 3.28. The number of hydrogen-bond donors (Lipinski definition) is 0. The number of ether oxygens (including phenoxy) is 1. The fourth-order valence-corrected chi connectivity index (χ4v) is 4.11. The molecule has 0 saturated heterocycles. The number of nitrogens with zero attached hydrogens (tertiary/aromatic N) is 1. The van der Waals surface area contributed by atoms with Gasteiger partial charge >= 0.3 is 5.97 Å². The average Bonchev–Trinajstić information content (AvgIpc) is 2.67. The molecule has 5 nitrogen and oxygen atoms in total. The number of sulfone groups is 1. The third-order valence-electron chi connectivity index (χ3n) is 4.88. The van der Waals surface area contributed by atoms with Crippen LogP contribution >= 0.6 is 11.6 Å². The highest BCUT2D eigenvalue weighted by molar-refractivity contribution is 7.90. The van der Waals surface area contributed by atoms with Gasteiger partial charge in [-0.05, 0) is 61.2 Å². The number of hydrogen-bond acceptors (Lipinski definition) is 5. The van der Waals surface area contributed by atoms with E-state index in [0.717, 1.165) is 22.4 Å². The smallest absolute Gasteiger partial charge is 0.310 e. The summed E-state index contributed by atoms with van der Waals surface area (Å²) < 4.78 is 28.9. The molecule has 0 spiro atoms. The van der Waals surface area contributed by atoms with Gasteiger partial charge in [0.15, 0.2) is 9.84 Å². The van der Waals surface area contributed by atoms with Gasteiger partial charge in [-0.3, -0.25) is 9.78 Å². The van der Waals surface area contributed by atoms with E-state index in [1.165, 1.54) is 6.26 Å². The van der Waals surface area contributed by atoms with Crippen LogP contribution in [-0.2, 0) is 21.1 Å². The van der Waals surface area contributed by atoms with Gasteiger partial charge in [0.05, 0.1) is 15.4 Å². The zero-order valence-electron chi connectivity index (χ0n) is 16.7. The molecule has 0 radical (unpaired) electrons. The molecule has 1 aromatic heterocycles. The maximum Gasteiger partial charge on any atom is 0.310 e. The van der Waals surface area contributed by atoms with Crippen molar-refractivity contribution in [2.24, 2.45) is 0 Å². The Kier molecular flexibility index (Phi) is 5.96. The van der Waals surface area contributed by atoms with E-state index < -0.39 is 9.84 Å². The number of carbonyl (C=O) groups is 1. The van der Waals surface area contributed by atoms with Crippen molar-refractivity contribution >= 4 is 38.3 Å². The zero-order chi connectivity index (χ0) is 21.3. The van der Waals surface area contributed by atoms with Crippen LogP contribution in [0.2, 0.25) is 5.02 Å². The standard InChI is InChI=1S/C22H22ClNO4S/c1-5-20(25)28-19-11-10-18(23)22-21(19)13(2)17(14(3)24-22)12-15-6-8-16(9-7-15)29(4,26)27/h6-11H,5,12H2,1-4H3. The number of aromatic nitrogens is 1. The third kappa shape index (κ3) is 4.43. The van der Waals surface area contributed by atoms with Gasteiger partial charge in [0.2, 0.25) is 0 Å². The van der Waals surface area contributed by atoms with Crippen LogP contribution in [-0.4, -0.2) is 25.6 Å². The number of aryl methyl sites for hydroxylation is 2. The summed E-state index contributed by atoms with van der Waals surface area (Å²) in [7, 11) is -3.24. The van der Waals surface area contributed by atoms with E-state index in [1.54, 1.807) is 43.3 Å². The van der Waals surface area contributed by atoms with Crippen LogP contribution in [0.3, 0.4) is 0 Å². The number of rotatable bonds is 5. The quantitative estimate of drug-likeness (QED) is 0.428. The lowest BCUT2D eigenvalue weighted by molar-refractivity contribution is -0.133. The summed E-state index contributed by atoms with van der Waals surface area (Å²) >= 11 is 6.36. The van der Waals surface area contributed by atoms with Crippen LogP contribution in [0.1, 0.15) is 35.7 Å². The topological polar surface area (TPSA) is 73.3 Å². The molecular weight excluding hydrogens is 410 g/mol. The molecule has 7 heteroatoms. The van der Waals surface area contributed by atoms with Crippen molar-refractivity contribution in [1.82, 2.24) is 4.98 Å². The van der Waals surface area contributed by atoms with Gasteiger partial charge in [-0.2, -0.15) is 0 Å². The van der Waals surface area contributed by atoms with E-state index >= 15 is 0 Å². The van der Waals surface area contributed by atoms with Crippen molar-refractivity contribution in [2.75, 3.05) is 6.26 Å². The van der Waals surface area contributed by atoms with Gasteiger partial charge in [0, 0.05) is 23.8 Å². The van der Waals surface area contributed by atoms with Gasteiger partial charge in [-0.15, -0.1) is 0 Å². The summed E-state index contributed by atoms with van der Waals surface area (Å²) in [4.78, 5) is 16.8. The van der Waals surface area contributed by atoms with Crippen molar-refractivity contribution in [3.8, 4) is 5.75 Å². The van der Waals surface area contributed by atoms with Crippen molar-refractivity contribution in [1.29, 1.82) is 0 Å². The molecule has 0 saturated carbocycles. The minimum atomic E-state index is -3.24. The largest absolute Gasteiger partial charge is 0.426 e. The van der Waals surface area contributed by atoms with Gasteiger partial charge in [-0.1, -0.05) is 30.7 Å². The third-order valence-corrected chi connectivity index (χ3v) is 6.31. The molecule has 3 aromatic rings. The maximum atomic E-state index is 11.9. The number of carbonyl (C=O) groups excluding carboxylic acids is 1. The first-order valence-corrected chi connectivity index (χ1v) is 11.5. The first kappa shape index (κ1) is 21.3. The van der Waals surface area contributed by atoms with Crippen molar-refractivity contribution in [2.45, 2.75) is 38.5 Å². The van der Waals surface area contributed by atoms with Gasteiger partial charge < -0.3 is 4.74 Å². The zero-order valence-corrected chi connectivity index (χ0v) is 18.3. The number of halogens is 1. The molecule has 0 amide bonds. The Balaban J connectivity index is 2.11. The molecule has 0 aliphatic heterocycles. The van der Waals surface area contributed by atoms with Crippen LogP contribution in [0.4, 0.5) is 0 Å². The predicted molar refractivity (Wildman–Crippen MR) is 115 cm³/mol. The first-order chi connectivity index (χ1) is 13.6. The van der Waals surface area contributed by atoms with Crippen molar-refractivity contribution < 1.29 is 17.9 Å². The predicted octanol–water partition coefficient (Wildman–Crippen LogP) is 4.81. The van der Waals surface area contributed by atoms with Crippen LogP contribution in [0.5, 0.6) is 5.75 Å². The second-order valence-corrected chi connectivity index (χ2v) is 9.41. The first-order valence-electron chi connectivity index (χ1n) is 9.19. The highest BCUT2D eigenvalue weighted by Crippen LogP contribution is 2.36. The molecule has 3 rings (SSSR count). The number of esters is 1. The van der Waals surface area contributed by atoms with E-state index in [-0.39, 0.29) is 17.3 Å². The molecule has 0 aliphatic rings. The molecule has 29 heavy (non-hydrogen) atoms. The molecule has 0 fully saturated rings. The minimum Gasteiger partial charge on any atom is -0.426 e. The van der Waals surface area contributed by atoms with Crippen molar-refractivity contribution in [3.05, 3.63) is 63.8 Å². The van der Waals surface area contributed by atoms with Crippen molar-refractivity contribution in [3.63, 3.8) is 0 Å². The molecular formula is C22H22ClNO4S. The molecule has 0 N–H and O–H groups in total. The van der Waals surface area contributed by atoms with E-state index in [9.17, 15) is 13.2 Å². The molecule has 0 atom stereocenters. The lowest BCUT2D eigenvalue weighted by atomic mass is 9.96. The normalized spacial score (nSPS) is 11.6. The van der Waals surface area contributed by atoms with E-state index in [2.05, 4.69) is 4.98 Å². The van der Waals surface area contributed by atoms with Crippen LogP contribution in [0.15, 0.2) is 41.3 Å². The number of benzene rings is 2. The van der Waals surface area contributed by atoms with Gasteiger partial charge in [0.1, 0.15) is 5.75 Å². The molecule has 152 valence electrons. The summed E-state index contributed by atoms with van der Waals surface area (Å²) in [5.41, 5.74) is 4.29. The Labute approximate surface area is 175 Å². The summed E-state index contributed by atoms with van der Waals surface area (Å²) in [6.07, 6.45) is 2.02. The Morgan fingerprint density at radius 2 is 1.76 bits per heavy atom. The maximum absolute atomic E-state index is 11.9. The average molecular weight is 432 g/mol. The van der Waals surface area contributed by atoms with Crippen LogP contribution in [0.25, 0.3) is 10.9 Å². The molecule has 0 unspecified atom stereocenters. The Hall–Kier alpha value is -2.44. The summed E-state index contributed by atoms with van der Waals surface area (Å²) in [5, 5.41) is 1.21. The van der Waals surface area contributed by atoms with Gasteiger partial charge in [0.25, 0.3) is 0 Å². The number of pyridine rings is 1. The van der Waals surface area contributed by atoms with Gasteiger partial charge in [-0.25, -0.2) is 8.42 Å². The second-order valence-electron chi connectivity index (χ2n) is 6.99. The lowest BCUT2D eigenvalue weighted by Gasteiger charge is -2.16. The number of fused-ring (bicyclic) bond motifs is 1. The highest BCUT2D eigenvalue weighted by atomic mass is 35.5. The molecule has 2 aromatic carbocycles. The Morgan fingerprint density at radius 1 is 1.10 bits per heavy atom. The summed E-state index contributed by atoms with van der Waals surface area (Å²) in [6, 6.07) is 10.2. The Morgan fingerprint density at radius 3 is 2.34 bits per heavy atom. The molecule has 1 heterocycles. The summed E-state index contributed by atoms with van der Waals surface area (Å²) in [5.74, 6) is 0.112. The second kappa shape index (κ2) is 8.13. The monoisotopic (exact) mass is 431 g/mol. The SMILES string of the molecule is CCC(=O)Oc1ccc(Cl)c2nc(C)c(Cc3ccc(S(C)(=O)=O)cc3)c(C)c12. The van der Waals surface area contributed by atoms with E-state index in [4.69, 9.17) is 16.3 Å². The van der Waals surface area contributed by atoms with E-state index in [0.29, 0.717) is 28.1 Å². The van der Waals surface area contributed by atoms with Crippen LogP contribution < -0.4 is 4.74 Å². The van der Waals surface area contributed by atoms with E-state index in [1.807, 2.05) is 13.8 Å². The molecule has 0 aliphatic carbocycles. The fraction of sp³-hybridized carbons (Fsp3) is 0.273. The van der Waals surface area contributed by atoms with Crippen LogP contribution in [0, 0.1) is 13.8 Å². The lowest BCUT2D eigenvalue weighted by Crippen LogP contribution is -2.08.